The first kappa shape index (κ1) is 10.8. The number of halogens is 4. The zero-order valence-corrected chi connectivity index (χ0v) is 8.41. The Bertz CT molecular complexity index is 416. The normalized spacial score (nSPS) is 17.9. The molecule has 0 heterocycles. The SMILES string of the molecule is OC1(Cc2cc(F)c(Cl)c(F)c2F)CC1. The summed E-state index contributed by atoms with van der Waals surface area (Å²) in [5, 5.41) is 8.67. The Morgan fingerprint density at radius 1 is 1.27 bits per heavy atom. The fraction of sp³-hybridized carbons (Fsp3) is 0.400. The topological polar surface area (TPSA) is 20.2 Å². The largest absolute Gasteiger partial charge is 0.390 e. The van der Waals surface area contributed by atoms with Crippen LogP contribution in [0.25, 0.3) is 0 Å². The van der Waals surface area contributed by atoms with Crippen LogP contribution in [0.2, 0.25) is 5.02 Å². The van der Waals surface area contributed by atoms with Crippen LogP contribution in [0, 0.1) is 17.5 Å². The van der Waals surface area contributed by atoms with Gasteiger partial charge in [0.1, 0.15) is 10.8 Å². The highest BCUT2D eigenvalue weighted by Crippen LogP contribution is 2.39. The van der Waals surface area contributed by atoms with Crippen molar-refractivity contribution < 1.29 is 18.3 Å². The van der Waals surface area contributed by atoms with Gasteiger partial charge in [-0.15, -0.1) is 0 Å². The molecule has 2 rings (SSSR count). The molecule has 1 fully saturated rings. The van der Waals surface area contributed by atoms with Gasteiger partial charge in [0, 0.05) is 6.42 Å². The predicted molar refractivity (Wildman–Crippen MR) is 49.2 cm³/mol. The molecule has 1 nitrogen and oxygen atoms in total. The van der Waals surface area contributed by atoms with Gasteiger partial charge in [-0.1, -0.05) is 11.6 Å². The molecule has 0 atom stereocenters. The predicted octanol–water partition coefficient (Wildman–Crippen LogP) is 2.82. The Hall–Kier alpha value is -0.740. The van der Waals surface area contributed by atoms with Gasteiger partial charge in [0.2, 0.25) is 0 Å². The van der Waals surface area contributed by atoms with Crippen LogP contribution in [0.5, 0.6) is 0 Å². The number of aliphatic hydroxyl groups is 1. The van der Waals surface area contributed by atoms with Gasteiger partial charge in [-0.05, 0) is 24.5 Å². The summed E-state index contributed by atoms with van der Waals surface area (Å²) in [5.41, 5.74) is -1.16. The first-order valence-electron chi connectivity index (χ1n) is 4.47. The molecular formula is C10H8ClF3O. The van der Waals surface area contributed by atoms with Crippen LogP contribution in [-0.4, -0.2) is 10.7 Å². The first-order valence-corrected chi connectivity index (χ1v) is 4.85. The van der Waals surface area contributed by atoms with Crippen molar-refractivity contribution in [2.75, 3.05) is 0 Å². The minimum absolute atomic E-state index is 0.0795. The van der Waals surface area contributed by atoms with Crippen molar-refractivity contribution in [2.45, 2.75) is 24.9 Å². The Kier molecular flexibility index (Phi) is 2.43. The van der Waals surface area contributed by atoms with Crippen LogP contribution < -0.4 is 0 Å². The van der Waals surface area contributed by atoms with Gasteiger partial charge in [-0.3, -0.25) is 0 Å². The lowest BCUT2D eigenvalue weighted by atomic mass is 10.1. The van der Waals surface area contributed by atoms with E-state index in [9.17, 15) is 18.3 Å². The maximum atomic E-state index is 13.3. The van der Waals surface area contributed by atoms with Crippen LogP contribution >= 0.6 is 11.6 Å². The van der Waals surface area contributed by atoms with Gasteiger partial charge < -0.3 is 5.11 Å². The second-order valence-electron chi connectivity index (χ2n) is 3.86. The summed E-state index contributed by atoms with van der Waals surface area (Å²) >= 11 is 5.19. The van der Waals surface area contributed by atoms with E-state index in [0.717, 1.165) is 6.07 Å². The summed E-state index contributed by atoms with van der Waals surface area (Å²) in [5.74, 6) is -3.58. The van der Waals surface area contributed by atoms with Crippen LogP contribution in [0.15, 0.2) is 6.07 Å². The van der Waals surface area contributed by atoms with Crippen LogP contribution in [0.1, 0.15) is 18.4 Å². The van der Waals surface area contributed by atoms with Crippen molar-refractivity contribution in [3.63, 3.8) is 0 Å². The average Bonchev–Trinajstić information content (AvgIpc) is 2.89. The van der Waals surface area contributed by atoms with Gasteiger partial charge in [-0.2, -0.15) is 0 Å². The molecular weight excluding hydrogens is 229 g/mol. The molecule has 0 bridgehead atoms. The van der Waals surface area contributed by atoms with Gasteiger partial charge >= 0.3 is 0 Å². The summed E-state index contributed by atoms with van der Waals surface area (Å²) in [7, 11) is 0. The summed E-state index contributed by atoms with van der Waals surface area (Å²) in [6.45, 7) is 0. The lowest BCUT2D eigenvalue weighted by molar-refractivity contribution is 0.149. The summed E-state index contributed by atoms with van der Waals surface area (Å²) in [6.07, 6.45) is 0.973. The molecule has 1 saturated carbocycles. The Morgan fingerprint density at radius 3 is 2.40 bits per heavy atom. The maximum absolute atomic E-state index is 13.3. The van der Waals surface area contributed by atoms with Crippen molar-refractivity contribution in [3.8, 4) is 0 Å². The molecule has 0 spiro atoms. The highest BCUT2D eigenvalue weighted by atomic mass is 35.5. The fourth-order valence-electron chi connectivity index (χ4n) is 1.43. The third kappa shape index (κ3) is 1.96. The van der Waals surface area contributed by atoms with Crippen molar-refractivity contribution in [2.24, 2.45) is 0 Å². The fourth-order valence-corrected chi connectivity index (χ4v) is 1.56. The molecule has 82 valence electrons. The lowest BCUT2D eigenvalue weighted by Crippen LogP contribution is -2.13. The quantitative estimate of drug-likeness (QED) is 0.618. The molecule has 1 aliphatic rings. The Labute approximate surface area is 89.5 Å². The molecule has 0 aromatic heterocycles. The molecule has 0 aliphatic heterocycles. The molecule has 0 unspecified atom stereocenters. The molecule has 0 saturated heterocycles. The van der Waals surface area contributed by atoms with E-state index < -0.39 is 28.1 Å². The van der Waals surface area contributed by atoms with Gasteiger partial charge in [0.15, 0.2) is 11.6 Å². The summed E-state index contributed by atoms with van der Waals surface area (Å²) < 4.78 is 39.3. The van der Waals surface area contributed by atoms with E-state index in [2.05, 4.69) is 0 Å². The first-order chi connectivity index (χ1) is 6.93. The van der Waals surface area contributed by atoms with Gasteiger partial charge in [-0.25, -0.2) is 13.2 Å². The van der Waals surface area contributed by atoms with Gasteiger partial charge in [0.25, 0.3) is 0 Å². The Balaban J connectivity index is 2.39. The average molecular weight is 237 g/mol. The Morgan fingerprint density at radius 2 is 1.87 bits per heavy atom. The van der Waals surface area contributed by atoms with E-state index in [-0.39, 0.29) is 12.0 Å². The number of rotatable bonds is 2. The van der Waals surface area contributed by atoms with Crippen molar-refractivity contribution in [1.29, 1.82) is 0 Å². The molecule has 1 aromatic rings. The number of hydrogen-bond acceptors (Lipinski definition) is 1. The zero-order chi connectivity index (χ0) is 11.2. The summed E-state index contributed by atoms with van der Waals surface area (Å²) in [6, 6.07) is 0.830. The number of benzene rings is 1. The van der Waals surface area contributed by atoms with Crippen LogP contribution in [0.4, 0.5) is 13.2 Å². The second kappa shape index (κ2) is 3.39. The van der Waals surface area contributed by atoms with E-state index in [4.69, 9.17) is 11.6 Å². The van der Waals surface area contributed by atoms with E-state index in [1.54, 1.807) is 0 Å². The standard InChI is InChI=1S/C10H8ClF3O/c11-7-6(12)3-5(8(13)9(7)14)4-10(15)1-2-10/h3,15H,1-2,4H2. The number of hydrogen-bond donors (Lipinski definition) is 1. The smallest absolute Gasteiger partial charge is 0.180 e. The summed E-state index contributed by atoms with van der Waals surface area (Å²) in [4.78, 5) is 0. The molecule has 15 heavy (non-hydrogen) atoms. The molecule has 1 aromatic carbocycles. The highest BCUT2D eigenvalue weighted by molar-refractivity contribution is 6.30. The third-order valence-corrected chi connectivity index (χ3v) is 2.87. The van der Waals surface area contributed by atoms with Crippen LogP contribution in [0.3, 0.4) is 0 Å². The van der Waals surface area contributed by atoms with E-state index >= 15 is 0 Å². The van der Waals surface area contributed by atoms with E-state index in [1.807, 2.05) is 0 Å². The lowest BCUT2D eigenvalue weighted by Gasteiger charge is -2.10. The monoisotopic (exact) mass is 236 g/mol. The van der Waals surface area contributed by atoms with Crippen molar-refractivity contribution in [1.82, 2.24) is 0 Å². The van der Waals surface area contributed by atoms with E-state index in [0.29, 0.717) is 12.8 Å². The van der Waals surface area contributed by atoms with Gasteiger partial charge in [0.05, 0.1) is 5.60 Å². The minimum atomic E-state index is -1.39. The molecule has 5 heteroatoms. The molecule has 1 N–H and O–H groups in total. The maximum Gasteiger partial charge on any atom is 0.180 e. The minimum Gasteiger partial charge on any atom is -0.390 e. The van der Waals surface area contributed by atoms with E-state index in [1.165, 1.54) is 0 Å². The molecule has 0 radical (unpaired) electrons. The second-order valence-corrected chi connectivity index (χ2v) is 4.24. The van der Waals surface area contributed by atoms with Crippen molar-refractivity contribution >= 4 is 11.6 Å². The van der Waals surface area contributed by atoms with Crippen LogP contribution in [-0.2, 0) is 6.42 Å². The molecule has 1 aliphatic carbocycles. The zero-order valence-electron chi connectivity index (χ0n) is 7.66. The van der Waals surface area contributed by atoms with Crippen molar-refractivity contribution in [3.05, 3.63) is 34.1 Å². The highest BCUT2D eigenvalue weighted by Gasteiger charge is 2.41. The third-order valence-electron chi connectivity index (χ3n) is 2.52. The molecule has 0 amide bonds.